The standard InChI is InChI=1S/C27H29NO5/c1-20-16-23(10-11-25(20)26-18-28(14-15-31-26)13-12-27(29)30)32-19-21-6-5-9-24(17-21)33-22-7-3-2-4-8-22/h2-11,16-17,26H,12-15,18-19H2,1H3,(H,29,30). The average molecular weight is 448 g/mol. The maximum Gasteiger partial charge on any atom is 0.304 e. The third-order valence-corrected chi connectivity index (χ3v) is 5.66. The summed E-state index contributed by atoms with van der Waals surface area (Å²) < 4.78 is 17.9. The summed E-state index contributed by atoms with van der Waals surface area (Å²) in [4.78, 5) is 13.0. The molecule has 6 nitrogen and oxygen atoms in total. The van der Waals surface area contributed by atoms with Crippen LogP contribution in [0.1, 0.15) is 29.2 Å². The number of para-hydroxylation sites is 1. The highest BCUT2D eigenvalue weighted by atomic mass is 16.5. The van der Waals surface area contributed by atoms with Gasteiger partial charge in [-0.25, -0.2) is 0 Å². The van der Waals surface area contributed by atoms with Crippen LogP contribution in [0.5, 0.6) is 17.2 Å². The van der Waals surface area contributed by atoms with Gasteiger partial charge in [-0.2, -0.15) is 0 Å². The molecule has 0 spiro atoms. The number of aryl methyl sites for hydroxylation is 1. The molecule has 0 aromatic heterocycles. The van der Waals surface area contributed by atoms with Gasteiger partial charge >= 0.3 is 5.97 Å². The van der Waals surface area contributed by atoms with Gasteiger partial charge in [0.05, 0.1) is 19.1 Å². The quantitative estimate of drug-likeness (QED) is 0.485. The molecule has 0 amide bonds. The van der Waals surface area contributed by atoms with Crippen LogP contribution >= 0.6 is 0 Å². The third kappa shape index (κ3) is 6.57. The summed E-state index contributed by atoms with van der Waals surface area (Å²) in [6, 6.07) is 23.6. The first-order valence-electron chi connectivity index (χ1n) is 11.2. The monoisotopic (exact) mass is 447 g/mol. The van der Waals surface area contributed by atoms with Crippen LogP contribution in [0.25, 0.3) is 0 Å². The second-order valence-electron chi connectivity index (χ2n) is 8.17. The van der Waals surface area contributed by atoms with Crippen LogP contribution in [0.4, 0.5) is 0 Å². The third-order valence-electron chi connectivity index (χ3n) is 5.66. The first-order chi connectivity index (χ1) is 16.1. The van der Waals surface area contributed by atoms with Crippen molar-refractivity contribution in [3.05, 3.63) is 89.5 Å². The van der Waals surface area contributed by atoms with E-state index in [-0.39, 0.29) is 12.5 Å². The zero-order chi connectivity index (χ0) is 23.0. The highest BCUT2D eigenvalue weighted by molar-refractivity contribution is 5.66. The first-order valence-corrected chi connectivity index (χ1v) is 11.2. The largest absolute Gasteiger partial charge is 0.489 e. The number of hydrogen-bond acceptors (Lipinski definition) is 5. The number of carbonyl (C=O) groups is 1. The van der Waals surface area contributed by atoms with Crippen LogP contribution in [0, 0.1) is 6.92 Å². The molecular weight excluding hydrogens is 418 g/mol. The minimum atomic E-state index is -0.770. The Balaban J connectivity index is 1.35. The maximum absolute atomic E-state index is 10.9. The van der Waals surface area contributed by atoms with Crippen LogP contribution in [-0.2, 0) is 16.1 Å². The number of nitrogens with zero attached hydrogens (tertiary/aromatic N) is 1. The van der Waals surface area contributed by atoms with Crippen molar-refractivity contribution in [1.82, 2.24) is 4.90 Å². The van der Waals surface area contributed by atoms with E-state index in [1.54, 1.807) is 0 Å². The highest BCUT2D eigenvalue weighted by Gasteiger charge is 2.23. The van der Waals surface area contributed by atoms with Gasteiger partial charge in [0.15, 0.2) is 0 Å². The van der Waals surface area contributed by atoms with E-state index in [0.29, 0.717) is 26.3 Å². The predicted molar refractivity (Wildman–Crippen MR) is 126 cm³/mol. The minimum Gasteiger partial charge on any atom is -0.489 e. The Labute approximate surface area is 194 Å². The number of morpholine rings is 1. The molecule has 172 valence electrons. The van der Waals surface area contributed by atoms with Crippen molar-refractivity contribution in [2.24, 2.45) is 0 Å². The lowest BCUT2D eigenvalue weighted by Gasteiger charge is -2.33. The zero-order valence-corrected chi connectivity index (χ0v) is 18.8. The van der Waals surface area contributed by atoms with E-state index in [9.17, 15) is 4.79 Å². The second kappa shape index (κ2) is 11.0. The van der Waals surface area contributed by atoms with Gasteiger partial charge in [-0.15, -0.1) is 0 Å². The number of benzene rings is 3. The SMILES string of the molecule is Cc1cc(OCc2cccc(Oc3ccccc3)c2)ccc1C1CN(CCC(=O)O)CCO1. The Hall–Kier alpha value is -3.35. The number of hydrogen-bond donors (Lipinski definition) is 1. The summed E-state index contributed by atoms with van der Waals surface area (Å²) in [5.74, 6) is 1.60. The van der Waals surface area contributed by atoms with Crippen molar-refractivity contribution in [1.29, 1.82) is 0 Å². The first kappa shape index (κ1) is 22.8. The predicted octanol–water partition coefficient (Wildman–Crippen LogP) is 5.21. The zero-order valence-electron chi connectivity index (χ0n) is 18.8. The molecular formula is C27H29NO5. The smallest absolute Gasteiger partial charge is 0.304 e. The van der Waals surface area contributed by atoms with E-state index < -0.39 is 5.97 Å². The molecule has 6 heteroatoms. The van der Waals surface area contributed by atoms with Crippen molar-refractivity contribution in [3.63, 3.8) is 0 Å². The van der Waals surface area contributed by atoms with Crippen molar-refractivity contribution >= 4 is 5.97 Å². The molecule has 1 saturated heterocycles. The Bertz CT molecular complexity index is 1070. The van der Waals surface area contributed by atoms with Crippen LogP contribution in [-0.4, -0.2) is 42.2 Å². The lowest BCUT2D eigenvalue weighted by atomic mass is 10.0. The molecule has 1 atom stereocenters. The van der Waals surface area contributed by atoms with Gasteiger partial charge in [0.2, 0.25) is 0 Å². The van der Waals surface area contributed by atoms with Gasteiger partial charge in [0.25, 0.3) is 0 Å². The lowest BCUT2D eigenvalue weighted by Crippen LogP contribution is -2.39. The molecule has 1 unspecified atom stereocenters. The molecule has 1 fully saturated rings. The fourth-order valence-corrected chi connectivity index (χ4v) is 3.94. The topological polar surface area (TPSA) is 68.2 Å². The van der Waals surface area contributed by atoms with Gasteiger partial charge in [-0.05, 0) is 60.0 Å². The van der Waals surface area contributed by atoms with Crippen LogP contribution in [0.3, 0.4) is 0 Å². The number of ether oxygens (including phenoxy) is 3. The van der Waals surface area contributed by atoms with E-state index >= 15 is 0 Å². The molecule has 33 heavy (non-hydrogen) atoms. The molecule has 3 aromatic carbocycles. The molecule has 3 aromatic rings. The molecule has 1 N–H and O–H groups in total. The van der Waals surface area contributed by atoms with Crippen LogP contribution in [0.15, 0.2) is 72.8 Å². The Kier molecular flexibility index (Phi) is 7.60. The van der Waals surface area contributed by atoms with E-state index in [2.05, 4.69) is 11.8 Å². The molecule has 1 heterocycles. The summed E-state index contributed by atoms with van der Waals surface area (Å²) in [5, 5.41) is 8.94. The normalized spacial score (nSPS) is 16.3. The van der Waals surface area contributed by atoms with E-state index in [1.807, 2.05) is 72.8 Å². The number of aliphatic carboxylic acids is 1. The summed E-state index contributed by atoms with van der Waals surface area (Å²) in [5.41, 5.74) is 3.23. The van der Waals surface area contributed by atoms with Crippen molar-refractivity contribution in [2.45, 2.75) is 26.1 Å². The second-order valence-corrected chi connectivity index (χ2v) is 8.17. The Morgan fingerprint density at radius 1 is 1.03 bits per heavy atom. The number of carboxylic acids is 1. The van der Waals surface area contributed by atoms with Gasteiger partial charge < -0.3 is 19.3 Å². The van der Waals surface area contributed by atoms with E-state index in [1.165, 1.54) is 0 Å². The van der Waals surface area contributed by atoms with Gasteiger partial charge in [0, 0.05) is 19.6 Å². The van der Waals surface area contributed by atoms with Gasteiger partial charge in [0.1, 0.15) is 23.9 Å². The Morgan fingerprint density at radius 3 is 2.64 bits per heavy atom. The fraction of sp³-hybridized carbons (Fsp3) is 0.296. The number of rotatable bonds is 9. The van der Waals surface area contributed by atoms with E-state index in [4.69, 9.17) is 19.3 Å². The Morgan fingerprint density at radius 2 is 1.85 bits per heavy atom. The van der Waals surface area contributed by atoms with Gasteiger partial charge in [-0.3, -0.25) is 9.69 Å². The molecule has 0 bridgehead atoms. The molecule has 0 aliphatic carbocycles. The fourth-order valence-electron chi connectivity index (χ4n) is 3.94. The highest BCUT2D eigenvalue weighted by Crippen LogP contribution is 2.29. The molecule has 4 rings (SSSR count). The average Bonchev–Trinajstić information content (AvgIpc) is 2.83. The molecule has 1 aliphatic heterocycles. The maximum atomic E-state index is 10.9. The van der Waals surface area contributed by atoms with Crippen molar-refractivity contribution in [2.75, 3.05) is 26.2 Å². The molecule has 0 radical (unpaired) electrons. The van der Waals surface area contributed by atoms with E-state index in [0.717, 1.165) is 40.5 Å². The minimum absolute atomic E-state index is 0.0617. The number of carboxylic acid groups (broad SMARTS) is 1. The summed E-state index contributed by atoms with van der Waals surface area (Å²) in [6.07, 6.45) is 0.0872. The molecule has 0 saturated carbocycles. The lowest BCUT2D eigenvalue weighted by molar-refractivity contribution is -0.137. The van der Waals surface area contributed by atoms with Gasteiger partial charge in [-0.1, -0.05) is 36.4 Å². The van der Waals surface area contributed by atoms with Crippen LogP contribution in [0.2, 0.25) is 0 Å². The summed E-state index contributed by atoms with van der Waals surface area (Å²) in [6.45, 7) is 5.09. The molecule has 1 aliphatic rings. The van der Waals surface area contributed by atoms with Crippen molar-refractivity contribution < 1.29 is 24.1 Å². The van der Waals surface area contributed by atoms with Crippen molar-refractivity contribution in [3.8, 4) is 17.2 Å². The summed E-state index contributed by atoms with van der Waals surface area (Å²) in [7, 11) is 0. The van der Waals surface area contributed by atoms with Crippen LogP contribution < -0.4 is 9.47 Å². The summed E-state index contributed by atoms with van der Waals surface area (Å²) >= 11 is 0.